The van der Waals surface area contributed by atoms with Crippen LogP contribution in [0, 0.1) is 5.92 Å². The van der Waals surface area contributed by atoms with E-state index in [1.54, 1.807) is 4.90 Å². The van der Waals surface area contributed by atoms with Crippen LogP contribution in [0.5, 0.6) is 0 Å². The Morgan fingerprint density at radius 2 is 1.90 bits per heavy atom. The van der Waals surface area contributed by atoms with Gasteiger partial charge in [0.2, 0.25) is 5.91 Å². The van der Waals surface area contributed by atoms with Gasteiger partial charge in [0.05, 0.1) is 17.5 Å². The maximum atomic E-state index is 12.7. The number of sulfone groups is 1. The van der Waals surface area contributed by atoms with Crippen LogP contribution in [0.2, 0.25) is 0 Å². The van der Waals surface area contributed by atoms with Gasteiger partial charge in [-0.15, -0.1) is 0 Å². The summed E-state index contributed by atoms with van der Waals surface area (Å²) in [6, 6.07) is 0.620. The van der Waals surface area contributed by atoms with Crippen molar-refractivity contribution in [2.24, 2.45) is 5.92 Å². The zero-order valence-electron chi connectivity index (χ0n) is 12.1. The maximum Gasteiger partial charge on any atom is 0.239 e. The summed E-state index contributed by atoms with van der Waals surface area (Å²) in [6.07, 6.45) is 4.46. The molecular formula is C14H24N2O3S. The molecule has 0 aromatic rings. The minimum absolute atomic E-state index is 0.00973. The molecule has 1 amide bonds. The summed E-state index contributed by atoms with van der Waals surface area (Å²) in [6.45, 7) is 3.92. The number of rotatable bonds is 2. The fraction of sp³-hybridized carbons (Fsp3) is 0.929. The molecule has 2 atom stereocenters. The lowest BCUT2D eigenvalue weighted by molar-refractivity contribution is -0.136. The van der Waals surface area contributed by atoms with Crippen LogP contribution in [0.15, 0.2) is 0 Å². The van der Waals surface area contributed by atoms with E-state index in [0.717, 1.165) is 19.4 Å². The van der Waals surface area contributed by atoms with E-state index in [1.165, 1.54) is 12.8 Å². The molecule has 5 nitrogen and oxygen atoms in total. The fourth-order valence-corrected chi connectivity index (χ4v) is 5.23. The number of carbonyl (C=O) groups excluding carboxylic acids is 1. The molecule has 0 spiro atoms. The van der Waals surface area contributed by atoms with Crippen molar-refractivity contribution in [1.82, 2.24) is 9.80 Å². The Morgan fingerprint density at radius 1 is 1.15 bits per heavy atom. The van der Waals surface area contributed by atoms with Crippen molar-refractivity contribution in [3.63, 3.8) is 0 Å². The van der Waals surface area contributed by atoms with Gasteiger partial charge in [-0.05, 0) is 38.1 Å². The van der Waals surface area contributed by atoms with E-state index < -0.39 is 9.84 Å². The Kier molecular flexibility index (Phi) is 3.79. The molecule has 0 aromatic carbocycles. The van der Waals surface area contributed by atoms with Gasteiger partial charge in [-0.3, -0.25) is 9.69 Å². The van der Waals surface area contributed by atoms with Gasteiger partial charge in [-0.1, -0.05) is 6.92 Å². The summed E-state index contributed by atoms with van der Waals surface area (Å²) in [5.74, 6) is 0.549. The molecule has 1 aliphatic carbocycles. The number of hydrogen-bond donors (Lipinski definition) is 0. The number of carbonyl (C=O) groups is 1. The van der Waals surface area contributed by atoms with Crippen molar-refractivity contribution in [2.45, 2.75) is 44.7 Å². The lowest BCUT2D eigenvalue weighted by Crippen LogP contribution is -2.48. The van der Waals surface area contributed by atoms with E-state index in [-0.39, 0.29) is 29.4 Å². The van der Waals surface area contributed by atoms with Crippen LogP contribution in [-0.2, 0) is 14.6 Å². The van der Waals surface area contributed by atoms with Gasteiger partial charge in [0, 0.05) is 19.1 Å². The van der Waals surface area contributed by atoms with Crippen LogP contribution < -0.4 is 0 Å². The van der Waals surface area contributed by atoms with Crippen LogP contribution in [0.4, 0.5) is 0 Å². The normalized spacial score (nSPS) is 35.0. The molecule has 3 rings (SSSR count). The highest BCUT2D eigenvalue weighted by Crippen LogP contribution is 2.34. The quantitative estimate of drug-likeness (QED) is 0.745. The lowest BCUT2D eigenvalue weighted by atomic mass is 10.1. The first kappa shape index (κ1) is 14.3. The molecule has 2 aliphatic heterocycles. The second kappa shape index (κ2) is 5.30. The molecule has 2 heterocycles. The molecule has 0 N–H and O–H groups in total. The van der Waals surface area contributed by atoms with Crippen molar-refractivity contribution >= 4 is 15.7 Å². The van der Waals surface area contributed by atoms with E-state index in [2.05, 4.69) is 4.90 Å². The zero-order valence-corrected chi connectivity index (χ0v) is 12.9. The largest absolute Gasteiger partial charge is 0.340 e. The van der Waals surface area contributed by atoms with Gasteiger partial charge in [0.25, 0.3) is 0 Å². The Bertz CT molecular complexity index is 487. The number of nitrogens with zero attached hydrogens (tertiary/aromatic N) is 2. The molecular weight excluding hydrogens is 276 g/mol. The predicted octanol–water partition coefficient (Wildman–Crippen LogP) is 0.506. The number of hydrogen-bond acceptors (Lipinski definition) is 4. The van der Waals surface area contributed by atoms with Gasteiger partial charge in [-0.25, -0.2) is 8.42 Å². The third kappa shape index (κ3) is 3.01. The second-order valence-corrected chi connectivity index (χ2v) is 8.86. The van der Waals surface area contributed by atoms with Crippen LogP contribution >= 0.6 is 0 Å². The standard InChI is InChI=1S/C14H24N2O3S/c1-11-9-15(7-8-20(18,19)10-11)14(17)13-3-2-6-16(13)12-4-5-12/h11-13H,2-10H2,1H3/t11-,13+/m1/s1. The van der Waals surface area contributed by atoms with E-state index in [1.807, 2.05) is 6.92 Å². The fourth-order valence-electron chi connectivity index (χ4n) is 3.59. The van der Waals surface area contributed by atoms with Crippen LogP contribution in [0.3, 0.4) is 0 Å². The monoisotopic (exact) mass is 300 g/mol. The zero-order chi connectivity index (χ0) is 14.3. The highest BCUT2D eigenvalue weighted by Gasteiger charge is 2.42. The molecule has 0 radical (unpaired) electrons. The van der Waals surface area contributed by atoms with Gasteiger partial charge < -0.3 is 4.90 Å². The van der Waals surface area contributed by atoms with E-state index in [4.69, 9.17) is 0 Å². The molecule has 0 aromatic heterocycles. The van der Waals surface area contributed by atoms with Crippen LogP contribution in [0.1, 0.15) is 32.6 Å². The highest BCUT2D eigenvalue weighted by molar-refractivity contribution is 7.91. The SMILES string of the molecule is C[C@@H]1CN(C(=O)[C@@H]2CCCN2C2CC2)CCS(=O)(=O)C1. The summed E-state index contributed by atoms with van der Waals surface area (Å²) in [5, 5.41) is 0. The molecule has 3 aliphatic rings. The van der Waals surface area contributed by atoms with Gasteiger partial charge >= 0.3 is 0 Å². The van der Waals surface area contributed by atoms with Crippen molar-refractivity contribution < 1.29 is 13.2 Å². The Morgan fingerprint density at radius 3 is 2.60 bits per heavy atom. The van der Waals surface area contributed by atoms with E-state index in [0.29, 0.717) is 19.1 Å². The Hall–Kier alpha value is -0.620. The topological polar surface area (TPSA) is 57.7 Å². The second-order valence-electron chi connectivity index (χ2n) is 6.63. The van der Waals surface area contributed by atoms with Crippen molar-refractivity contribution in [2.75, 3.05) is 31.1 Å². The highest BCUT2D eigenvalue weighted by atomic mass is 32.2. The molecule has 0 unspecified atom stereocenters. The predicted molar refractivity (Wildman–Crippen MR) is 77.1 cm³/mol. The van der Waals surface area contributed by atoms with Gasteiger partial charge in [0.1, 0.15) is 0 Å². The van der Waals surface area contributed by atoms with E-state index >= 15 is 0 Å². The van der Waals surface area contributed by atoms with Crippen LogP contribution in [-0.4, -0.2) is 67.3 Å². The summed E-state index contributed by atoms with van der Waals surface area (Å²) < 4.78 is 23.6. The van der Waals surface area contributed by atoms with Crippen LogP contribution in [0.25, 0.3) is 0 Å². The molecule has 6 heteroatoms. The van der Waals surface area contributed by atoms with E-state index in [9.17, 15) is 13.2 Å². The Labute approximate surface area is 121 Å². The van der Waals surface area contributed by atoms with Crippen molar-refractivity contribution in [3.8, 4) is 0 Å². The third-order valence-electron chi connectivity index (χ3n) is 4.65. The summed E-state index contributed by atoms with van der Waals surface area (Å²) in [5.41, 5.74) is 0. The van der Waals surface area contributed by atoms with Gasteiger partial charge in [0.15, 0.2) is 9.84 Å². The Balaban J connectivity index is 1.69. The number of amides is 1. The molecule has 20 heavy (non-hydrogen) atoms. The van der Waals surface area contributed by atoms with Crippen molar-refractivity contribution in [1.29, 1.82) is 0 Å². The first-order valence-corrected chi connectivity index (χ1v) is 9.53. The molecule has 114 valence electrons. The van der Waals surface area contributed by atoms with Crippen molar-refractivity contribution in [3.05, 3.63) is 0 Å². The smallest absolute Gasteiger partial charge is 0.239 e. The molecule has 3 fully saturated rings. The molecule has 2 saturated heterocycles. The summed E-state index contributed by atoms with van der Waals surface area (Å²) >= 11 is 0. The first-order chi connectivity index (χ1) is 9.46. The third-order valence-corrected chi connectivity index (χ3v) is 6.53. The minimum Gasteiger partial charge on any atom is -0.340 e. The lowest BCUT2D eigenvalue weighted by Gasteiger charge is -2.30. The average Bonchev–Trinajstić information content (AvgIpc) is 3.12. The summed E-state index contributed by atoms with van der Waals surface area (Å²) in [4.78, 5) is 16.9. The first-order valence-electron chi connectivity index (χ1n) is 7.71. The molecule has 0 bridgehead atoms. The maximum absolute atomic E-state index is 12.7. The number of likely N-dealkylation sites (tertiary alicyclic amines) is 1. The summed E-state index contributed by atoms with van der Waals surface area (Å²) in [7, 11) is -2.98. The van der Waals surface area contributed by atoms with Gasteiger partial charge in [-0.2, -0.15) is 0 Å². The average molecular weight is 300 g/mol. The minimum atomic E-state index is -2.98. The molecule has 1 saturated carbocycles.